The van der Waals surface area contributed by atoms with Crippen molar-refractivity contribution in [1.82, 2.24) is 25.6 Å². The van der Waals surface area contributed by atoms with E-state index in [2.05, 4.69) is 30.9 Å². The molecule has 1 amide bonds. The third kappa shape index (κ3) is 1.86. The number of thiazole rings is 1. The van der Waals surface area contributed by atoms with E-state index in [9.17, 15) is 4.79 Å². The summed E-state index contributed by atoms with van der Waals surface area (Å²) in [6.45, 7) is 0. The Labute approximate surface area is 86.5 Å². The monoisotopic (exact) mass is 230 g/mol. The molecule has 2 rings (SSSR count). The number of halogens is 1. The van der Waals surface area contributed by atoms with Gasteiger partial charge in [-0.15, -0.1) is 10.2 Å². The fraction of sp³-hybridized carbons (Fsp3) is 0. The Balaban J connectivity index is 2.09. The number of nitrogens with one attached hydrogen (secondary N) is 2. The van der Waals surface area contributed by atoms with E-state index in [-0.39, 0.29) is 5.82 Å². The molecule has 2 heterocycles. The molecule has 14 heavy (non-hydrogen) atoms. The SMILES string of the molecule is O=C(Nc1ncc(Cl)s1)c1nn[nH]n1. The van der Waals surface area contributed by atoms with Crippen LogP contribution in [0, 0.1) is 0 Å². The van der Waals surface area contributed by atoms with Crippen LogP contribution in [0.15, 0.2) is 6.20 Å². The van der Waals surface area contributed by atoms with Gasteiger partial charge >= 0.3 is 0 Å². The molecule has 7 nitrogen and oxygen atoms in total. The van der Waals surface area contributed by atoms with Gasteiger partial charge in [0.05, 0.1) is 6.20 Å². The van der Waals surface area contributed by atoms with Crippen LogP contribution in [-0.2, 0) is 0 Å². The van der Waals surface area contributed by atoms with E-state index in [4.69, 9.17) is 11.6 Å². The zero-order chi connectivity index (χ0) is 9.97. The van der Waals surface area contributed by atoms with Gasteiger partial charge in [-0.3, -0.25) is 10.1 Å². The Bertz CT molecular complexity index is 439. The molecule has 0 spiro atoms. The zero-order valence-electron chi connectivity index (χ0n) is 6.56. The van der Waals surface area contributed by atoms with Gasteiger partial charge in [0.15, 0.2) is 5.13 Å². The predicted molar refractivity (Wildman–Crippen MR) is 49.3 cm³/mol. The topological polar surface area (TPSA) is 96.5 Å². The van der Waals surface area contributed by atoms with Crippen molar-refractivity contribution in [1.29, 1.82) is 0 Å². The van der Waals surface area contributed by atoms with Crippen LogP contribution < -0.4 is 5.32 Å². The smallest absolute Gasteiger partial charge is 0.295 e. The maximum Gasteiger partial charge on any atom is 0.299 e. The summed E-state index contributed by atoms with van der Waals surface area (Å²) in [7, 11) is 0. The number of nitrogens with zero attached hydrogens (tertiary/aromatic N) is 4. The minimum atomic E-state index is -0.482. The molecule has 0 aromatic carbocycles. The van der Waals surface area contributed by atoms with Crippen molar-refractivity contribution in [3.05, 3.63) is 16.4 Å². The first-order valence-corrected chi connectivity index (χ1v) is 4.61. The van der Waals surface area contributed by atoms with Crippen molar-refractivity contribution in [3.63, 3.8) is 0 Å². The van der Waals surface area contributed by atoms with Gasteiger partial charge in [-0.2, -0.15) is 5.21 Å². The summed E-state index contributed by atoms with van der Waals surface area (Å²) in [5, 5.41) is 15.3. The maximum absolute atomic E-state index is 11.3. The highest BCUT2D eigenvalue weighted by atomic mass is 35.5. The number of hydrogen-bond donors (Lipinski definition) is 2. The molecule has 0 aliphatic carbocycles. The van der Waals surface area contributed by atoms with E-state index in [1.165, 1.54) is 6.20 Å². The van der Waals surface area contributed by atoms with Gasteiger partial charge in [-0.05, 0) is 5.21 Å². The molecule has 0 radical (unpaired) electrons. The first-order valence-electron chi connectivity index (χ1n) is 3.42. The summed E-state index contributed by atoms with van der Waals surface area (Å²) >= 11 is 6.77. The second-order valence-corrected chi connectivity index (χ2v) is 3.82. The molecular weight excluding hydrogens is 228 g/mol. The van der Waals surface area contributed by atoms with Crippen molar-refractivity contribution in [2.45, 2.75) is 0 Å². The van der Waals surface area contributed by atoms with Gasteiger partial charge in [-0.1, -0.05) is 22.9 Å². The van der Waals surface area contributed by atoms with Crippen LogP contribution >= 0.6 is 22.9 Å². The molecule has 0 fully saturated rings. The molecule has 0 aliphatic rings. The van der Waals surface area contributed by atoms with Gasteiger partial charge < -0.3 is 0 Å². The minimum Gasteiger partial charge on any atom is -0.295 e. The number of anilines is 1. The Morgan fingerprint density at radius 1 is 1.64 bits per heavy atom. The van der Waals surface area contributed by atoms with Crippen molar-refractivity contribution in [3.8, 4) is 0 Å². The first kappa shape index (κ1) is 9.03. The summed E-state index contributed by atoms with van der Waals surface area (Å²) in [6, 6.07) is 0. The average Bonchev–Trinajstić information content (AvgIpc) is 2.75. The number of rotatable bonds is 2. The third-order valence-corrected chi connectivity index (χ3v) is 2.28. The molecule has 2 aromatic rings. The van der Waals surface area contributed by atoms with Gasteiger partial charge in [0.1, 0.15) is 4.34 Å². The van der Waals surface area contributed by atoms with Gasteiger partial charge in [-0.25, -0.2) is 4.98 Å². The molecule has 9 heteroatoms. The Hall–Kier alpha value is -1.54. The molecule has 72 valence electrons. The number of carbonyl (C=O) groups is 1. The van der Waals surface area contributed by atoms with E-state index in [1.807, 2.05) is 0 Å². The van der Waals surface area contributed by atoms with Crippen LogP contribution in [0.5, 0.6) is 0 Å². The number of carbonyl (C=O) groups excluding carboxylic acids is 1. The molecule has 0 atom stereocenters. The van der Waals surface area contributed by atoms with Gasteiger partial charge in [0, 0.05) is 0 Å². The summed E-state index contributed by atoms with van der Waals surface area (Å²) in [4.78, 5) is 15.1. The molecule has 2 N–H and O–H groups in total. The molecule has 0 aliphatic heterocycles. The number of amides is 1. The Morgan fingerprint density at radius 2 is 2.50 bits per heavy atom. The lowest BCUT2D eigenvalue weighted by molar-refractivity contribution is 0.101. The first-order chi connectivity index (χ1) is 6.75. The Morgan fingerprint density at radius 3 is 3.07 bits per heavy atom. The summed E-state index contributed by atoms with van der Waals surface area (Å²) in [5.74, 6) is -0.527. The van der Waals surface area contributed by atoms with Crippen LogP contribution in [0.1, 0.15) is 10.6 Å². The second-order valence-electron chi connectivity index (χ2n) is 2.16. The van der Waals surface area contributed by atoms with E-state index in [0.717, 1.165) is 11.3 Å². The zero-order valence-corrected chi connectivity index (χ0v) is 8.13. The predicted octanol–water partition coefficient (Wildman–Crippen LogP) is 0.562. The van der Waals surface area contributed by atoms with Crippen LogP contribution in [0.3, 0.4) is 0 Å². The molecule has 0 saturated carbocycles. The largest absolute Gasteiger partial charge is 0.299 e. The quantitative estimate of drug-likeness (QED) is 0.786. The number of aromatic nitrogens is 5. The normalized spacial score (nSPS) is 10.1. The maximum atomic E-state index is 11.3. The van der Waals surface area contributed by atoms with Crippen molar-refractivity contribution < 1.29 is 4.79 Å². The number of H-pyrrole nitrogens is 1. The highest BCUT2D eigenvalue weighted by Crippen LogP contribution is 2.22. The van der Waals surface area contributed by atoms with Crippen LogP contribution in [-0.4, -0.2) is 31.5 Å². The lowest BCUT2D eigenvalue weighted by atomic mass is 10.6. The molecule has 0 unspecified atom stereocenters. The van der Waals surface area contributed by atoms with Gasteiger partial charge in [0.2, 0.25) is 0 Å². The van der Waals surface area contributed by atoms with Crippen LogP contribution in [0.25, 0.3) is 0 Å². The van der Waals surface area contributed by atoms with E-state index < -0.39 is 5.91 Å². The number of hydrogen-bond acceptors (Lipinski definition) is 6. The standard InChI is InChI=1S/C5H3ClN6OS/c6-2-1-7-5(14-2)8-4(13)3-9-11-12-10-3/h1H,(H,7,8,13)(H,9,10,11,12). The number of tetrazole rings is 1. The van der Waals surface area contributed by atoms with E-state index in [0.29, 0.717) is 9.47 Å². The fourth-order valence-corrected chi connectivity index (χ4v) is 1.53. The number of aromatic amines is 1. The van der Waals surface area contributed by atoms with Crippen LogP contribution in [0.4, 0.5) is 5.13 Å². The lowest BCUT2D eigenvalue weighted by Gasteiger charge is -1.93. The fourth-order valence-electron chi connectivity index (χ4n) is 0.723. The molecular formula is C5H3ClN6OS. The highest BCUT2D eigenvalue weighted by molar-refractivity contribution is 7.19. The van der Waals surface area contributed by atoms with E-state index >= 15 is 0 Å². The summed E-state index contributed by atoms with van der Waals surface area (Å²) in [6.07, 6.45) is 1.44. The van der Waals surface area contributed by atoms with Crippen LogP contribution in [0.2, 0.25) is 4.34 Å². The second kappa shape index (κ2) is 3.68. The van der Waals surface area contributed by atoms with Gasteiger partial charge in [0.25, 0.3) is 11.7 Å². The third-order valence-electron chi connectivity index (χ3n) is 1.25. The van der Waals surface area contributed by atoms with Crippen molar-refractivity contribution in [2.24, 2.45) is 0 Å². The van der Waals surface area contributed by atoms with E-state index in [1.54, 1.807) is 0 Å². The molecule has 2 aromatic heterocycles. The Kier molecular flexibility index (Phi) is 2.37. The molecule has 0 bridgehead atoms. The summed E-state index contributed by atoms with van der Waals surface area (Å²) in [5.41, 5.74) is 0. The van der Waals surface area contributed by atoms with Crippen molar-refractivity contribution in [2.75, 3.05) is 5.32 Å². The summed E-state index contributed by atoms with van der Waals surface area (Å²) < 4.78 is 0.494. The lowest BCUT2D eigenvalue weighted by Crippen LogP contribution is -2.13. The minimum absolute atomic E-state index is 0.0451. The molecule has 0 saturated heterocycles. The highest BCUT2D eigenvalue weighted by Gasteiger charge is 2.12. The van der Waals surface area contributed by atoms with Crippen molar-refractivity contribution >= 4 is 34.0 Å². The average molecular weight is 231 g/mol.